The zero-order valence-electron chi connectivity index (χ0n) is 9.71. The van der Waals surface area contributed by atoms with E-state index in [0.29, 0.717) is 0 Å². The lowest BCUT2D eigenvalue weighted by atomic mass is 10.3. The van der Waals surface area contributed by atoms with Crippen LogP contribution in [-0.4, -0.2) is 15.8 Å². The minimum absolute atomic E-state index is 0.934. The van der Waals surface area contributed by atoms with Crippen LogP contribution in [-0.2, 0) is 0 Å². The molecule has 0 saturated carbocycles. The molecule has 2 nitrogen and oxygen atoms in total. The smallest absolute Gasteiger partial charge is 0.122 e. The molecule has 1 aromatic heterocycles. The van der Waals surface area contributed by atoms with Crippen molar-refractivity contribution in [3.63, 3.8) is 0 Å². The molecule has 0 aliphatic carbocycles. The lowest BCUT2D eigenvalue weighted by Gasteiger charge is -2.03. The Morgan fingerprint density at radius 3 is 2.53 bits per heavy atom. The monoisotopic (exact) mass is 242 g/mol. The van der Waals surface area contributed by atoms with E-state index in [1.807, 2.05) is 48.5 Å². The normalized spacial score (nSPS) is 11.5. The largest absolute Gasteiger partial charge is 0.254 e. The molecular weight excluding hydrogens is 228 g/mol. The summed E-state index contributed by atoms with van der Waals surface area (Å²) < 4.78 is 0. The summed E-state index contributed by atoms with van der Waals surface area (Å²) in [4.78, 5) is 8.98. The summed E-state index contributed by atoms with van der Waals surface area (Å²) in [5.41, 5.74) is 1.90. The Morgan fingerprint density at radius 1 is 1.12 bits per heavy atom. The first-order chi connectivity index (χ1) is 8.40. The van der Waals surface area contributed by atoms with Crippen LogP contribution in [0.5, 0.6) is 0 Å². The minimum Gasteiger partial charge on any atom is -0.254 e. The van der Waals surface area contributed by atoms with Crippen LogP contribution in [0.4, 0.5) is 5.69 Å². The Labute approximate surface area is 106 Å². The van der Waals surface area contributed by atoms with Crippen molar-refractivity contribution >= 4 is 22.5 Å². The molecule has 17 heavy (non-hydrogen) atoms. The van der Waals surface area contributed by atoms with Crippen molar-refractivity contribution in [3.8, 4) is 0 Å². The average molecular weight is 242 g/mol. The third-order valence-corrected chi connectivity index (χ3v) is 3.01. The molecule has 2 rings (SSSR count). The Balaban J connectivity index is 2.33. The second-order valence-corrected chi connectivity index (χ2v) is 4.65. The number of benzene rings is 1. The number of para-hydroxylation sites is 1. The fourth-order valence-corrected chi connectivity index (χ4v) is 2.12. The highest BCUT2D eigenvalue weighted by Crippen LogP contribution is 2.18. The summed E-state index contributed by atoms with van der Waals surface area (Å²) in [5.74, 6) is 0.988. The number of hydrogen-bond acceptors (Lipinski definition) is 3. The van der Waals surface area contributed by atoms with Crippen molar-refractivity contribution in [1.29, 1.82) is 0 Å². The van der Waals surface area contributed by atoms with E-state index < -0.39 is 0 Å². The number of aliphatic imine (C=N–C) groups is 1. The molecule has 0 radical (unpaired) electrons. The van der Waals surface area contributed by atoms with E-state index in [4.69, 9.17) is 0 Å². The van der Waals surface area contributed by atoms with E-state index in [9.17, 15) is 0 Å². The Bertz CT molecular complexity index is 480. The summed E-state index contributed by atoms with van der Waals surface area (Å²) >= 11 is 1.71. The molecule has 0 unspecified atom stereocenters. The number of aromatic nitrogens is 1. The van der Waals surface area contributed by atoms with Crippen LogP contribution in [0.25, 0.3) is 0 Å². The Kier molecular flexibility index (Phi) is 4.33. The van der Waals surface area contributed by atoms with Crippen molar-refractivity contribution in [2.75, 3.05) is 5.75 Å². The average Bonchev–Trinajstić information content (AvgIpc) is 2.40. The zero-order valence-corrected chi connectivity index (χ0v) is 10.5. The number of rotatable bonds is 3. The molecule has 1 heterocycles. The topological polar surface area (TPSA) is 25.2 Å². The molecule has 0 aliphatic heterocycles. The van der Waals surface area contributed by atoms with Crippen molar-refractivity contribution in [2.45, 2.75) is 6.92 Å². The molecule has 1 aromatic carbocycles. The maximum absolute atomic E-state index is 4.64. The number of pyridine rings is 1. The van der Waals surface area contributed by atoms with Gasteiger partial charge in [-0.15, -0.1) is 11.8 Å². The minimum atomic E-state index is 0.934. The van der Waals surface area contributed by atoms with Gasteiger partial charge in [-0.3, -0.25) is 4.98 Å². The molecule has 3 heteroatoms. The van der Waals surface area contributed by atoms with Gasteiger partial charge in [-0.2, -0.15) is 0 Å². The van der Waals surface area contributed by atoms with Gasteiger partial charge < -0.3 is 0 Å². The second-order valence-electron chi connectivity index (χ2n) is 3.40. The fourth-order valence-electron chi connectivity index (χ4n) is 1.41. The van der Waals surface area contributed by atoms with Gasteiger partial charge in [-0.1, -0.05) is 31.2 Å². The Hall–Kier alpha value is -1.61. The molecule has 2 aromatic rings. The Morgan fingerprint density at radius 2 is 1.88 bits per heavy atom. The van der Waals surface area contributed by atoms with Gasteiger partial charge >= 0.3 is 0 Å². The van der Waals surface area contributed by atoms with Gasteiger partial charge in [0.25, 0.3) is 0 Å². The van der Waals surface area contributed by atoms with Gasteiger partial charge in [-0.05, 0) is 30.0 Å². The quantitative estimate of drug-likeness (QED) is 0.602. The highest BCUT2D eigenvalue weighted by molar-refractivity contribution is 8.14. The van der Waals surface area contributed by atoms with Gasteiger partial charge in [0.05, 0.1) is 11.4 Å². The molecule has 0 fully saturated rings. The molecule has 0 spiro atoms. The summed E-state index contributed by atoms with van der Waals surface area (Å²) in [6.45, 7) is 2.12. The van der Waals surface area contributed by atoms with Crippen molar-refractivity contribution < 1.29 is 0 Å². The molecule has 0 atom stereocenters. The van der Waals surface area contributed by atoms with Crippen molar-refractivity contribution in [3.05, 3.63) is 60.4 Å². The second kappa shape index (κ2) is 6.21. The lowest BCUT2D eigenvalue weighted by Crippen LogP contribution is -1.98. The maximum Gasteiger partial charge on any atom is 0.122 e. The number of nitrogens with zero attached hydrogens (tertiary/aromatic N) is 2. The van der Waals surface area contributed by atoms with E-state index in [-0.39, 0.29) is 0 Å². The number of thioether (sulfide) groups is 1. The summed E-state index contributed by atoms with van der Waals surface area (Å²) in [6.07, 6.45) is 1.80. The lowest BCUT2D eigenvalue weighted by molar-refractivity contribution is 1.30. The van der Waals surface area contributed by atoms with Crippen LogP contribution >= 0.6 is 11.8 Å². The van der Waals surface area contributed by atoms with E-state index in [2.05, 4.69) is 16.9 Å². The van der Waals surface area contributed by atoms with Crippen molar-refractivity contribution in [1.82, 2.24) is 4.98 Å². The van der Waals surface area contributed by atoms with Gasteiger partial charge in [0.1, 0.15) is 5.04 Å². The van der Waals surface area contributed by atoms with Crippen LogP contribution in [0.1, 0.15) is 12.6 Å². The molecule has 0 aliphatic rings. The molecule has 0 saturated heterocycles. The van der Waals surface area contributed by atoms with Crippen LogP contribution in [0.2, 0.25) is 0 Å². The molecule has 0 bridgehead atoms. The summed E-state index contributed by atoms with van der Waals surface area (Å²) in [6, 6.07) is 15.9. The third kappa shape index (κ3) is 3.43. The predicted molar refractivity (Wildman–Crippen MR) is 75.0 cm³/mol. The SMILES string of the molecule is CCSC(=Nc1ccccc1)c1ccccn1. The number of hydrogen-bond donors (Lipinski definition) is 0. The molecule has 86 valence electrons. The van der Waals surface area contributed by atoms with E-state index in [1.54, 1.807) is 18.0 Å². The summed E-state index contributed by atoms with van der Waals surface area (Å²) in [7, 11) is 0. The molecule has 0 N–H and O–H groups in total. The standard InChI is InChI=1S/C14H14N2S/c1-2-17-14(13-10-6-7-11-15-13)16-12-8-4-3-5-9-12/h3-11H,2H2,1H3. The van der Waals surface area contributed by atoms with Crippen LogP contribution in [0.3, 0.4) is 0 Å². The highest BCUT2D eigenvalue weighted by atomic mass is 32.2. The van der Waals surface area contributed by atoms with Crippen LogP contribution < -0.4 is 0 Å². The van der Waals surface area contributed by atoms with E-state index in [1.165, 1.54) is 0 Å². The third-order valence-electron chi connectivity index (χ3n) is 2.15. The summed E-state index contributed by atoms with van der Waals surface area (Å²) in [5, 5.41) is 0.972. The first-order valence-corrected chi connectivity index (χ1v) is 6.56. The van der Waals surface area contributed by atoms with Crippen molar-refractivity contribution in [2.24, 2.45) is 4.99 Å². The first kappa shape index (κ1) is 11.9. The van der Waals surface area contributed by atoms with Gasteiger partial charge in [0.15, 0.2) is 0 Å². The van der Waals surface area contributed by atoms with Crippen LogP contribution in [0, 0.1) is 0 Å². The highest BCUT2D eigenvalue weighted by Gasteiger charge is 2.04. The zero-order chi connectivity index (χ0) is 11.9. The first-order valence-electron chi connectivity index (χ1n) is 5.58. The maximum atomic E-state index is 4.64. The van der Waals surface area contributed by atoms with E-state index >= 15 is 0 Å². The molecular formula is C14H14N2S. The van der Waals surface area contributed by atoms with Gasteiger partial charge in [-0.25, -0.2) is 4.99 Å². The van der Waals surface area contributed by atoms with Crippen LogP contribution in [0.15, 0.2) is 59.7 Å². The fraction of sp³-hybridized carbons (Fsp3) is 0.143. The molecule has 0 amide bonds. The van der Waals surface area contributed by atoms with Gasteiger partial charge in [0, 0.05) is 6.20 Å². The van der Waals surface area contributed by atoms with E-state index in [0.717, 1.165) is 22.2 Å². The predicted octanol–water partition coefficient (Wildman–Crippen LogP) is 3.91. The van der Waals surface area contributed by atoms with Gasteiger partial charge in [0.2, 0.25) is 0 Å².